The minimum absolute atomic E-state index is 0.0202. The van der Waals surface area contributed by atoms with Crippen LogP contribution < -0.4 is 17.2 Å². The molecule has 12 nitrogen and oxygen atoms in total. The maximum atomic E-state index is 10.5. The van der Waals surface area contributed by atoms with Gasteiger partial charge in [-0.1, -0.05) is 60.7 Å². The summed E-state index contributed by atoms with van der Waals surface area (Å²) in [7, 11) is 0. The number of phenols is 1. The molecule has 0 aliphatic heterocycles. The first-order valence-corrected chi connectivity index (χ1v) is 12.6. The van der Waals surface area contributed by atoms with Gasteiger partial charge in [0.25, 0.3) is 12.9 Å². The zero-order valence-electron chi connectivity index (χ0n) is 23.9. The van der Waals surface area contributed by atoms with E-state index in [1.807, 2.05) is 49.9 Å². The Morgan fingerprint density at radius 1 is 0.884 bits per heavy atom. The Kier molecular flexibility index (Phi) is 19.1. The smallest absolute Gasteiger partial charge is 0.305 e. The summed E-state index contributed by atoms with van der Waals surface area (Å²) < 4.78 is 9.05. The second kappa shape index (κ2) is 21.7. The number of phenolic OH excluding ortho intramolecular Hbond substituents is 1. The number of ether oxygens (including phenoxy) is 2. The molecular weight excluding hydrogens is 558 g/mol. The van der Waals surface area contributed by atoms with Crippen molar-refractivity contribution in [3.05, 3.63) is 112 Å². The fourth-order valence-electron chi connectivity index (χ4n) is 3.39. The van der Waals surface area contributed by atoms with E-state index in [1.54, 1.807) is 30.3 Å². The second-order valence-corrected chi connectivity index (χ2v) is 8.55. The Morgan fingerprint density at radius 3 is 1.84 bits per heavy atom. The van der Waals surface area contributed by atoms with Gasteiger partial charge in [-0.15, -0.1) is 0 Å². The molecule has 0 bridgehead atoms. The van der Waals surface area contributed by atoms with E-state index in [1.165, 1.54) is 12.0 Å². The number of aliphatic carboxylic acids is 1. The van der Waals surface area contributed by atoms with Crippen LogP contribution in [0.2, 0.25) is 0 Å². The molecule has 0 fully saturated rings. The number of carboxylic acids is 1. The van der Waals surface area contributed by atoms with Gasteiger partial charge in [0, 0.05) is 17.2 Å². The van der Waals surface area contributed by atoms with Crippen LogP contribution in [-0.4, -0.2) is 40.2 Å². The van der Waals surface area contributed by atoms with Crippen molar-refractivity contribution in [2.75, 3.05) is 0 Å². The van der Waals surface area contributed by atoms with Crippen LogP contribution in [0.25, 0.3) is 0 Å². The van der Waals surface area contributed by atoms with Gasteiger partial charge in [0.05, 0.1) is 13.0 Å². The maximum absolute atomic E-state index is 10.5. The Labute approximate surface area is 249 Å². The molecule has 43 heavy (non-hydrogen) atoms. The van der Waals surface area contributed by atoms with Crippen LogP contribution in [0.4, 0.5) is 0 Å². The van der Waals surface area contributed by atoms with Crippen LogP contribution in [0.3, 0.4) is 0 Å². The number of aliphatic hydroxyl groups is 1. The first kappa shape index (κ1) is 37.9. The molecule has 0 saturated heterocycles. The SMILES string of the molecule is C=C=C=O.Cc1ccc(CO)cc1C(N)CC(=O)O.Cc1ccccc1C(N)OC=O.NC(OC=O)c1ccccc1O. The highest BCUT2D eigenvalue weighted by Crippen LogP contribution is 2.22. The molecule has 3 atom stereocenters. The average Bonchev–Trinajstić information content (AvgIpc) is 2.98. The molecule has 0 aliphatic carbocycles. The van der Waals surface area contributed by atoms with Crippen molar-refractivity contribution in [3.63, 3.8) is 0 Å². The molecule has 0 aromatic heterocycles. The highest BCUT2D eigenvalue weighted by molar-refractivity contribution is 5.68. The van der Waals surface area contributed by atoms with Crippen molar-refractivity contribution >= 4 is 24.9 Å². The molecule has 230 valence electrons. The molecule has 12 heteroatoms. The summed E-state index contributed by atoms with van der Waals surface area (Å²) in [4.78, 5) is 39.3. The molecule has 3 unspecified atom stereocenters. The lowest BCUT2D eigenvalue weighted by atomic mass is 9.97. The summed E-state index contributed by atoms with van der Waals surface area (Å²) in [6.45, 7) is 7.27. The van der Waals surface area contributed by atoms with Crippen LogP contribution in [0.5, 0.6) is 5.75 Å². The lowest BCUT2D eigenvalue weighted by Gasteiger charge is -2.13. The van der Waals surface area contributed by atoms with E-state index in [4.69, 9.17) is 32.2 Å². The molecule has 0 saturated carbocycles. The summed E-state index contributed by atoms with van der Waals surface area (Å²) in [6, 6.07) is 18.8. The number of nitrogens with two attached hydrogens (primary N) is 3. The van der Waals surface area contributed by atoms with Gasteiger partial charge in [0.1, 0.15) is 5.75 Å². The molecule has 0 aliphatic rings. The van der Waals surface area contributed by atoms with E-state index in [2.05, 4.69) is 16.1 Å². The molecule has 0 heterocycles. The Balaban J connectivity index is 0.000000582. The Bertz CT molecular complexity index is 1300. The van der Waals surface area contributed by atoms with E-state index in [9.17, 15) is 19.5 Å². The van der Waals surface area contributed by atoms with Gasteiger partial charge in [0.2, 0.25) is 0 Å². The van der Waals surface area contributed by atoms with E-state index < -0.39 is 24.5 Å². The topological polar surface area (TPSA) is 225 Å². The average molecular weight is 596 g/mol. The van der Waals surface area contributed by atoms with Gasteiger partial charge >= 0.3 is 5.97 Å². The predicted molar refractivity (Wildman–Crippen MR) is 159 cm³/mol. The molecule has 3 aromatic rings. The number of carbonyl (C=O) groups excluding carboxylic acids is 3. The molecule has 3 rings (SSSR count). The number of rotatable bonds is 10. The number of hydrogen-bond acceptors (Lipinski definition) is 11. The zero-order chi connectivity index (χ0) is 32.8. The van der Waals surface area contributed by atoms with Crippen molar-refractivity contribution in [2.24, 2.45) is 17.2 Å². The van der Waals surface area contributed by atoms with Crippen LogP contribution in [-0.2, 0) is 35.3 Å². The first-order valence-electron chi connectivity index (χ1n) is 12.6. The number of carbonyl (C=O) groups is 3. The van der Waals surface area contributed by atoms with E-state index in [0.717, 1.165) is 27.8 Å². The predicted octanol–water partition coefficient (Wildman–Crippen LogP) is 2.77. The fraction of sp³-hybridized carbons (Fsp3) is 0.226. The standard InChI is InChI=1S/C11H15NO3.C9H11NO2.C8H9NO3.C3H2O/c1-7-2-3-8(6-13)4-9(7)10(12)5-11(14)15;1-7-4-2-3-5-8(7)9(10)12-6-11;9-8(12-5-10)6-3-1-2-4-7(6)11;1-2-3-4/h2-4,10,13H,5-6,12H2,1H3,(H,14,15);2-6,9H,10H2,1H3;1-5,8,11H,9H2;1H2. The van der Waals surface area contributed by atoms with E-state index >= 15 is 0 Å². The van der Waals surface area contributed by atoms with Crippen LogP contribution >= 0.6 is 0 Å². The highest BCUT2D eigenvalue weighted by Gasteiger charge is 2.13. The van der Waals surface area contributed by atoms with Crippen molar-refractivity contribution in [2.45, 2.75) is 45.4 Å². The van der Waals surface area contributed by atoms with Crippen LogP contribution in [0, 0.1) is 13.8 Å². The third-order valence-corrected chi connectivity index (χ3v) is 5.53. The summed E-state index contributed by atoms with van der Waals surface area (Å²) >= 11 is 0. The van der Waals surface area contributed by atoms with E-state index in [0.29, 0.717) is 12.0 Å². The number of carboxylic acid groups (broad SMARTS) is 1. The molecule has 3 aromatic carbocycles. The third kappa shape index (κ3) is 14.9. The van der Waals surface area contributed by atoms with Gasteiger partial charge in [-0.25, -0.2) is 4.79 Å². The van der Waals surface area contributed by atoms with Crippen LogP contribution in [0.1, 0.15) is 58.3 Å². The fourth-order valence-corrected chi connectivity index (χ4v) is 3.39. The monoisotopic (exact) mass is 595 g/mol. The summed E-state index contributed by atoms with van der Waals surface area (Å²) in [5, 5.41) is 26.8. The summed E-state index contributed by atoms with van der Waals surface area (Å²) in [5.74, 6) is 0.420. The number of hydrogen-bond donors (Lipinski definition) is 6. The van der Waals surface area contributed by atoms with Gasteiger partial charge < -0.3 is 30.5 Å². The van der Waals surface area contributed by atoms with Crippen molar-refractivity contribution < 1.29 is 44.0 Å². The normalized spacial score (nSPS) is 11.4. The number of aryl methyl sites for hydroxylation is 2. The number of para-hydroxylation sites is 1. The highest BCUT2D eigenvalue weighted by atomic mass is 16.5. The van der Waals surface area contributed by atoms with Crippen molar-refractivity contribution in [1.82, 2.24) is 0 Å². The zero-order valence-corrected chi connectivity index (χ0v) is 23.9. The Morgan fingerprint density at radius 2 is 1.37 bits per heavy atom. The molecule has 9 N–H and O–H groups in total. The summed E-state index contributed by atoms with van der Waals surface area (Å²) in [5.41, 5.74) is 23.3. The number of aromatic hydroxyl groups is 1. The van der Waals surface area contributed by atoms with Crippen molar-refractivity contribution in [3.8, 4) is 5.75 Å². The molecule has 0 amide bonds. The molecule has 0 radical (unpaired) electrons. The lowest BCUT2D eigenvalue weighted by molar-refractivity contribution is -0.137. The number of aliphatic hydroxyl groups excluding tert-OH is 1. The minimum Gasteiger partial charge on any atom is -0.507 e. The van der Waals surface area contributed by atoms with Gasteiger partial charge in [-0.2, -0.15) is 0 Å². The lowest BCUT2D eigenvalue weighted by Crippen LogP contribution is -2.16. The first-order chi connectivity index (χ1) is 20.5. The maximum Gasteiger partial charge on any atom is 0.305 e. The largest absolute Gasteiger partial charge is 0.507 e. The van der Waals surface area contributed by atoms with Gasteiger partial charge in [0.15, 0.2) is 18.4 Å². The molecule has 0 spiro atoms. The van der Waals surface area contributed by atoms with Gasteiger partial charge in [-0.05, 0) is 54.5 Å². The third-order valence-electron chi connectivity index (χ3n) is 5.53. The summed E-state index contributed by atoms with van der Waals surface area (Å²) in [6.07, 6.45) is -1.65. The minimum atomic E-state index is -0.920. The molecular formula is C31H37N3O9. The quantitative estimate of drug-likeness (QED) is 0.0861. The van der Waals surface area contributed by atoms with Crippen molar-refractivity contribution in [1.29, 1.82) is 0 Å². The Hall–Kier alpha value is -5.06. The van der Waals surface area contributed by atoms with Crippen LogP contribution in [0.15, 0.2) is 79.0 Å². The number of benzene rings is 3. The van der Waals surface area contributed by atoms with E-state index in [-0.39, 0.29) is 25.2 Å². The van der Waals surface area contributed by atoms with Gasteiger partial charge in [-0.3, -0.25) is 25.9 Å². The second-order valence-electron chi connectivity index (χ2n) is 8.55.